The standard InChI is InChI=1S/C9H17N3/c1-7(2)12-5-4-11-9(12)6-8(3)10/h4-5,7-8H,6,10H2,1-3H3. The first-order valence-electron chi connectivity index (χ1n) is 4.38. The van der Waals surface area contributed by atoms with Crippen LogP contribution in [0.5, 0.6) is 0 Å². The highest BCUT2D eigenvalue weighted by Gasteiger charge is 2.06. The van der Waals surface area contributed by atoms with Gasteiger partial charge in [-0.15, -0.1) is 0 Å². The van der Waals surface area contributed by atoms with Gasteiger partial charge in [-0.1, -0.05) is 0 Å². The van der Waals surface area contributed by atoms with Crippen molar-refractivity contribution in [3.63, 3.8) is 0 Å². The van der Waals surface area contributed by atoms with E-state index in [1.165, 1.54) is 0 Å². The van der Waals surface area contributed by atoms with Gasteiger partial charge in [-0.3, -0.25) is 0 Å². The Morgan fingerprint density at radius 2 is 2.17 bits per heavy atom. The minimum absolute atomic E-state index is 0.185. The Kier molecular flexibility index (Phi) is 2.87. The highest BCUT2D eigenvalue weighted by molar-refractivity contribution is 4.96. The summed E-state index contributed by atoms with van der Waals surface area (Å²) in [5, 5.41) is 0. The molecule has 1 heterocycles. The van der Waals surface area contributed by atoms with Crippen LogP contribution >= 0.6 is 0 Å². The van der Waals surface area contributed by atoms with Crippen LogP contribution in [0.25, 0.3) is 0 Å². The van der Waals surface area contributed by atoms with E-state index < -0.39 is 0 Å². The van der Waals surface area contributed by atoms with E-state index in [1.807, 2.05) is 19.3 Å². The fourth-order valence-corrected chi connectivity index (χ4v) is 1.26. The van der Waals surface area contributed by atoms with Crippen molar-refractivity contribution < 1.29 is 0 Å². The van der Waals surface area contributed by atoms with Gasteiger partial charge in [0, 0.05) is 30.9 Å². The lowest BCUT2D eigenvalue weighted by atomic mass is 10.2. The largest absolute Gasteiger partial charge is 0.332 e. The number of rotatable bonds is 3. The third-order valence-corrected chi connectivity index (χ3v) is 1.81. The molecular formula is C9H17N3. The molecule has 1 atom stereocenters. The van der Waals surface area contributed by atoms with Crippen LogP contribution in [0.1, 0.15) is 32.6 Å². The summed E-state index contributed by atoms with van der Waals surface area (Å²) >= 11 is 0. The van der Waals surface area contributed by atoms with Crippen molar-refractivity contribution >= 4 is 0 Å². The maximum absolute atomic E-state index is 5.70. The molecule has 1 aromatic rings. The molecule has 0 aromatic carbocycles. The zero-order chi connectivity index (χ0) is 9.14. The number of aromatic nitrogens is 2. The Balaban J connectivity index is 2.77. The summed E-state index contributed by atoms with van der Waals surface area (Å²) in [5.41, 5.74) is 5.70. The monoisotopic (exact) mass is 167 g/mol. The summed E-state index contributed by atoms with van der Waals surface area (Å²) < 4.78 is 2.16. The molecule has 3 heteroatoms. The molecule has 1 aromatic heterocycles. The smallest absolute Gasteiger partial charge is 0.110 e. The Morgan fingerprint density at radius 3 is 2.67 bits per heavy atom. The SMILES string of the molecule is CC(N)Cc1nccn1C(C)C. The van der Waals surface area contributed by atoms with Crippen LogP contribution in [0, 0.1) is 0 Å². The minimum atomic E-state index is 0.185. The minimum Gasteiger partial charge on any atom is -0.332 e. The van der Waals surface area contributed by atoms with Gasteiger partial charge in [0.25, 0.3) is 0 Å². The number of hydrogen-bond acceptors (Lipinski definition) is 2. The predicted octanol–water partition coefficient (Wildman–Crippen LogP) is 1.35. The van der Waals surface area contributed by atoms with Crippen LogP contribution in [0.3, 0.4) is 0 Å². The van der Waals surface area contributed by atoms with E-state index in [4.69, 9.17) is 5.73 Å². The van der Waals surface area contributed by atoms with Crippen LogP contribution in [0.15, 0.2) is 12.4 Å². The highest BCUT2D eigenvalue weighted by Crippen LogP contribution is 2.08. The van der Waals surface area contributed by atoms with E-state index in [0.717, 1.165) is 12.2 Å². The van der Waals surface area contributed by atoms with Gasteiger partial charge in [0.1, 0.15) is 5.82 Å². The summed E-state index contributed by atoms with van der Waals surface area (Å²) in [6.45, 7) is 6.29. The molecule has 0 radical (unpaired) electrons. The van der Waals surface area contributed by atoms with Gasteiger partial charge < -0.3 is 10.3 Å². The van der Waals surface area contributed by atoms with Gasteiger partial charge in [-0.2, -0.15) is 0 Å². The van der Waals surface area contributed by atoms with Crippen LogP contribution in [-0.2, 0) is 6.42 Å². The molecule has 1 rings (SSSR count). The molecule has 12 heavy (non-hydrogen) atoms. The summed E-state index contributed by atoms with van der Waals surface area (Å²) in [6, 6.07) is 0.658. The van der Waals surface area contributed by atoms with E-state index in [9.17, 15) is 0 Å². The van der Waals surface area contributed by atoms with Crippen molar-refractivity contribution in [3.8, 4) is 0 Å². The lowest BCUT2D eigenvalue weighted by Crippen LogP contribution is -2.21. The van der Waals surface area contributed by atoms with Gasteiger partial charge in [0.2, 0.25) is 0 Å². The number of nitrogens with two attached hydrogens (primary N) is 1. The lowest BCUT2D eigenvalue weighted by molar-refractivity contribution is 0.551. The lowest BCUT2D eigenvalue weighted by Gasteiger charge is -2.12. The zero-order valence-electron chi connectivity index (χ0n) is 7.99. The van der Waals surface area contributed by atoms with Crippen molar-refractivity contribution in [2.24, 2.45) is 5.73 Å². The highest BCUT2D eigenvalue weighted by atomic mass is 15.1. The van der Waals surface area contributed by atoms with E-state index in [0.29, 0.717) is 6.04 Å². The molecule has 0 aliphatic heterocycles. The second kappa shape index (κ2) is 3.72. The van der Waals surface area contributed by atoms with Gasteiger partial charge in [0.05, 0.1) is 0 Å². The van der Waals surface area contributed by atoms with Crippen LogP contribution in [0.4, 0.5) is 0 Å². The molecule has 1 unspecified atom stereocenters. The Labute approximate surface area is 73.6 Å². The molecule has 0 amide bonds. The second-order valence-electron chi connectivity index (χ2n) is 3.53. The molecule has 0 saturated carbocycles. The maximum Gasteiger partial charge on any atom is 0.110 e. The van der Waals surface area contributed by atoms with Crippen LogP contribution in [0.2, 0.25) is 0 Å². The zero-order valence-corrected chi connectivity index (χ0v) is 7.99. The average Bonchev–Trinajstić information content (AvgIpc) is 2.33. The first-order valence-corrected chi connectivity index (χ1v) is 4.38. The van der Waals surface area contributed by atoms with Gasteiger partial charge in [-0.25, -0.2) is 4.98 Å². The first-order chi connectivity index (χ1) is 5.61. The molecule has 0 aliphatic rings. The van der Waals surface area contributed by atoms with E-state index in [1.54, 1.807) is 0 Å². The summed E-state index contributed by atoms with van der Waals surface area (Å²) in [7, 11) is 0. The second-order valence-corrected chi connectivity index (χ2v) is 3.53. The molecule has 0 bridgehead atoms. The predicted molar refractivity (Wildman–Crippen MR) is 50.0 cm³/mol. The molecule has 68 valence electrons. The Bertz CT molecular complexity index is 238. The average molecular weight is 167 g/mol. The fraction of sp³-hybridized carbons (Fsp3) is 0.667. The Morgan fingerprint density at radius 1 is 1.50 bits per heavy atom. The van der Waals surface area contributed by atoms with E-state index in [2.05, 4.69) is 23.4 Å². The topological polar surface area (TPSA) is 43.8 Å². The van der Waals surface area contributed by atoms with Crippen molar-refractivity contribution in [2.75, 3.05) is 0 Å². The normalized spacial score (nSPS) is 13.8. The number of nitrogens with zero attached hydrogens (tertiary/aromatic N) is 2. The third kappa shape index (κ3) is 2.08. The van der Waals surface area contributed by atoms with Gasteiger partial charge >= 0.3 is 0 Å². The van der Waals surface area contributed by atoms with Crippen molar-refractivity contribution in [1.82, 2.24) is 9.55 Å². The maximum atomic E-state index is 5.70. The van der Waals surface area contributed by atoms with Gasteiger partial charge in [0.15, 0.2) is 0 Å². The molecule has 2 N–H and O–H groups in total. The summed E-state index contributed by atoms with van der Waals surface area (Å²) in [4.78, 5) is 4.26. The van der Waals surface area contributed by atoms with E-state index in [-0.39, 0.29) is 6.04 Å². The summed E-state index contributed by atoms with van der Waals surface area (Å²) in [6.07, 6.45) is 4.69. The quantitative estimate of drug-likeness (QED) is 0.738. The number of imidazole rings is 1. The van der Waals surface area contributed by atoms with Gasteiger partial charge in [-0.05, 0) is 20.8 Å². The van der Waals surface area contributed by atoms with E-state index >= 15 is 0 Å². The molecule has 0 aliphatic carbocycles. The van der Waals surface area contributed by atoms with Crippen molar-refractivity contribution in [1.29, 1.82) is 0 Å². The first kappa shape index (κ1) is 9.26. The molecule has 0 spiro atoms. The van der Waals surface area contributed by atoms with Crippen LogP contribution < -0.4 is 5.73 Å². The number of hydrogen-bond donors (Lipinski definition) is 1. The van der Waals surface area contributed by atoms with Crippen molar-refractivity contribution in [2.45, 2.75) is 39.3 Å². The molecule has 0 fully saturated rings. The van der Waals surface area contributed by atoms with Crippen molar-refractivity contribution in [3.05, 3.63) is 18.2 Å². The fourth-order valence-electron chi connectivity index (χ4n) is 1.26. The van der Waals surface area contributed by atoms with Crippen LogP contribution in [-0.4, -0.2) is 15.6 Å². The Hall–Kier alpha value is -0.830. The molecule has 0 saturated heterocycles. The molecular weight excluding hydrogens is 150 g/mol. The summed E-state index contributed by atoms with van der Waals surface area (Å²) in [5.74, 6) is 1.08. The third-order valence-electron chi connectivity index (χ3n) is 1.81. The molecule has 3 nitrogen and oxygen atoms in total.